The summed E-state index contributed by atoms with van der Waals surface area (Å²) in [6.07, 6.45) is -0.509. The molecule has 1 amide bonds. The maximum Gasteiger partial charge on any atom is 0.221 e. The van der Waals surface area contributed by atoms with Gasteiger partial charge in [-0.1, -0.05) is 13.8 Å². The Bertz CT molecular complexity index is 402. The van der Waals surface area contributed by atoms with Gasteiger partial charge >= 0.3 is 0 Å². The minimum atomic E-state index is -0.509. The van der Waals surface area contributed by atoms with Gasteiger partial charge in [0.2, 0.25) is 5.91 Å². The minimum Gasteiger partial charge on any atom is -0.491 e. The van der Waals surface area contributed by atoms with Crippen LogP contribution >= 0.6 is 0 Å². The van der Waals surface area contributed by atoms with Gasteiger partial charge in [0, 0.05) is 19.2 Å². The van der Waals surface area contributed by atoms with E-state index < -0.39 is 6.10 Å². The van der Waals surface area contributed by atoms with Crippen LogP contribution in [0, 0.1) is 0 Å². The highest BCUT2D eigenvalue weighted by atomic mass is 16.5. The molecule has 0 aliphatic carbocycles. The number of nitrogens with zero attached hydrogens (tertiary/aromatic N) is 1. The number of benzene rings is 1. The average Bonchev–Trinajstić information content (AvgIpc) is 2.43. The van der Waals surface area contributed by atoms with Crippen molar-refractivity contribution in [3.8, 4) is 5.75 Å². The van der Waals surface area contributed by atoms with Crippen molar-refractivity contribution >= 4 is 11.6 Å². The first-order chi connectivity index (χ1) is 9.55. The van der Waals surface area contributed by atoms with Crippen LogP contribution in [0.25, 0.3) is 0 Å². The van der Waals surface area contributed by atoms with Crippen LogP contribution in [-0.4, -0.2) is 48.3 Å². The summed E-state index contributed by atoms with van der Waals surface area (Å²) < 4.78 is 5.53. The van der Waals surface area contributed by atoms with Gasteiger partial charge in [-0.25, -0.2) is 0 Å². The van der Waals surface area contributed by atoms with E-state index in [4.69, 9.17) is 4.74 Å². The van der Waals surface area contributed by atoms with Crippen molar-refractivity contribution < 1.29 is 14.6 Å². The normalized spacial score (nSPS) is 12.2. The molecule has 1 rings (SSSR count). The summed E-state index contributed by atoms with van der Waals surface area (Å²) in [6.45, 7) is 8.30. The number of hydrogen-bond acceptors (Lipinski definition) is 4. The quantitative estimate of drug-likeness (QED) is 0.761. The molecule has 5 nitrogen and oxygen atoms in total. The van der Waals surface area contributed by atoms with Crippen molar-refractivity contribution in [1.82, 2.24) is 4.90 Å². The lowest BCUT2D eigenvalue weighted by molar-refractivity contribution is -0.114. The fourth-order valence-electron chi connectivity index (χ4n) is 1.86. The predicted octanol–water partition coefficient (Wildman–Crippen LogP) is 1.73. The second-order valence-corrected chi connectivity index (χ2v) is 4.66. The van der Waals surface area contributed by atoms with Crippen LogP contribution in [0.3, 0.4) is 0 Å². The Labute approximate surface area is 120 Å². The van der Waals surface area contributed by atoms with Crippen molar-refractivity contribution in [3.63, 3.8) is 0 Å². The molecule has 1 aromatic carbocycles. The van der Waals surface area contributed by atoms with Crippen LogP contribution in [0.15, 0.2) is 24.3 Å². The zero-order valence-corrected chi connectivity index (χ0v) is 12.4. The lowest BCUT2D eigenvalue weighted by Gasteiger charge is -2.21. The second kappa shape index (κ2) is 8.55. The molecular formula is C15H24N2O3. The highest BCUT2D eigenvalue weighted by Crippen LogP contribution is 2.15. The average molecular weight is 280 g/mol. The Hall–Kier alpha value is -1.59. The molecule has 0 unspecified atom stereocenters. The molecule has 0 fully saturated rings. The molecule has 20 heavy (non-hydrogen) atoms. The number of rotatable bonds is 8. The van der Waals surface area contributed by atoms with Crippen molar-refractivity contribution in [3.05, 3.63) is 24.3 Å². The number of aliphatic hydroxyl groups is 1. The summed E-state index contributed by atoms with van der Waals surface area (Å²) in [4.78, 5) is 13.0. The number of hydrogen-bond donors (Lipinski definition) is 2. The van der Waals surface area contributed by atoms with Crippen molar-refractivity contribution in [1.29, 1.82) is 0 Å². The van der Waals surface area contributed by atoms with E-state index in [1.54, 1.807) is 24.3 Å². The van der Waals surface area contributed by atoms with Crippen LogP contribution in [-0.2, 0) is 4.79 Å². The fourth-order valence-corrected chi connectivity index (χ4v) is 1.86. The molecule has 0 aromatic heterocycles. The van der Waals surface area contributed by atoms with E-state index in [1.807, 2.05) is 0 Å². The molecule has 0 radical (unpaired) electrons. The van der Waals surface area contributed by atoms with E-state index in [0.717, 1.165) is 18.8 Å². The lowest BCUT2D eigenvalue weighted by atomic mass is 10.3. The summed E-state index contributed by atoms with van der Waals surface area (Å²) >= 11 is 0. The molecule has 0 saturated carbocycles. The summed E-state index contributed by atoms with van der Waals surface area (Å²) in [5, 5.41) is 12.6. The summed E-state index contributed by atoms with van der Waals surface area (Å²) in [6, 6.07) is 7.09. The fraction of sp³-hybridized carbons (Fsp3) is 0.533. The number of amides is 1. The molecule has 5 heteroatoms. The number of nitrogens with one attached hydrogen (secondary N) is 1. The maximum absolute atomic E-state index is 10.9. The number of ether oxygens (including phenoxy) is 1. The molecule has 1 atom stereocenters. The van der Waals surface area contributed by atoms with Gasteiger partial charge in [0.15, 0.2) is 0 Å². The molecular weight excluding hydrogens is 256 g/mol. The Balaban J connectivity index is 2.39. The van der Waals surface area contributed by atoms with Gasteiger partial charge in [-0.15, -0.1) is 0 Å². The van der Waals surface area contributed by atoms with Crippen LogP contribution < -0.4 is 10.1 Å². The van der Waals surface area contributed by atoms with Crippen molar-refractivity contribution in [2.75, 3.05) is 31.6 Å². The van der Waals surface area contributed by atoms with Crippen molar-refractivity contribution in [2.45, 2.75) is 26.9 Å². The molecule has 0 saturated heterocycles. The Morgan fingerprint density at radius 1 is 1.30 bits per heavy atom. The van der Waals surface area contributed by atoms with Crippen LogP contribution in [0.5, 0.6) is 5.75 Å². The zero-order chi connectivity index (χ0) is 15.0. The Kier molecular flexibility index (Phi) is 7.04. The largest absolute Gasteiger partial charge is 0.491 e. The predicted molar refractivity (Wildman–Crippen MR) is 80.0 cm³/mol. The summed E-state index contributed by atoms with van der Waals surface area (Å²) in [5.74, 6) is 0.575. The molecule has 0 heterocycles. The Morgan fingerprint density at radius 3 is 2.40 bits per heavy atom. The molecule has 0 aliphatic heterocycles. The van der Waals surface area contributed by atoms with Gasteiger partial charge in [-0.05, 0) is 37.4 Å². The summed E-state index contributed by atoms with van der Waals surface area (Å²) in [5.41, 5.74) is 0.730. The van der Waals surface area contributed by atoms with E-state index in [-0.39, 0.29) is 12.5 Å². The highest BCUT2D eigenvalue weighted by Gasteiger charge is 2.09. The molecule has 112 valence electrons. The smallest absolute Gasteiger partial charge is 0.221 e. The molecule has 0 bridgehead atoms. The van der Waals surface area contributed by atoms with E-state index in [2.05, 4.69) is 24.1 Å². The number of anilines is 1. The standard InChI is InChI=1S/C15H24N2O3/c1-4-17(5-2)10-14(19)11-20-15-8-6-13(7-9-15)16-12(3)18/h6-9,14,19H,4-5,10-11H2,1-3H3,(H,16,18)/t14-/m1/s1. The topological polar surface area (TPSA) is 61.8 Å². The molecule has 2 N–H and O–H groups in total. The first-order valence-electron chi connectivity index (χ1n) is 6.96. The van der Waals surface area contributed by atoms with E-state index in [0.29, 0.717) is 12.3 Å². The van der Waals surface area contributed by atoms with Gasteiger partial charge in [-0.3, -0.25) is 4.79 Å². The second-order valence-electron chi connectivity index (χ2n) is 4.66. The van der Waals surface area contributed by atoms with Crippen LogP contribution in [0.2, 0.25) is 0 Å². The van der Waals surface area contributed by atoms with Gasteiger partial charge < -0.3 is 20.1 Å². The minimum absolute atomic E-state index is 0.103. The van der Waals surface area contributed by atoms with E-state index in [9.17, 15) is 9.90 Å². The van der Waals surface area contributed by atoms with E-state index >= 15 is 0 Å². The van der Waals surface area contributed by atoms with Crippen molar-refractivity contribution in [2.24, 2.45) is 0 Å². The number of carbonyl (C=O) groups excluding carboxylic acids is 1. The lowest BCUT2D eigenvalue weighted by Crippen LogP contribution is -2.35. The SMILES string of the molecule is CCN(CC)C[C@@H](O)COc1ccc(NC(C)=O)cc1. The third-order valence-electron chi connectivity index (χ3n) is 2.98. The monoisotopic (exact) mass is 280 g/mol. The Morgan fingerprint density at radius 2 is 1.90 bits per heavy atom. The number of likely N-dealkylation sites (N-methyl/N-ethyl adjacent to an activating group) is 1. The molecule has 1 aromatic rings. The third-order valence-corrected chi connectivity index (χ3v) is 2.98. The number of carbonyl (C=O) groups is 1. The highest BCUT2D eigenvalue weighted by molar-refractivity contribution is 5.88. The molecule has 0 aliphatic rings. The first-order valence-corrected chi connectivity index (χ1v) is 6.96. The van der Waals surface area contributed by atoms with Crippen LogP contribution in [0.1, 0.15) is 20.8 Å². The molecule has 0 spiro atoms. The maximum atomic E-state index is 10.9. The van der Waals surface area contributed by atoms with Gasteiger partial charge in [0.25, 0.3) is 0 Å². The van der Waals surface area contributed by atoms with E-state index in [1.165, 1.54) is 6.92 Å². The third kappa shape index (κ3) is 6.04. The summed E-state index contributed by atoms with van der Waals surface area (Å²) in [7, 11) is 0. The van der Waals surface area contributed by atoms with Gasteiger partial charge in [0.1, 0.15) is 18.5 Å². The van der Waals surface area contributed by atoms with Gasteiger partial charge in [0.05, 0.1) is 0 Å². The zero-order valence-electron chi connectivity index (χ0n) is 12.4. The van der Waals surface area contributed by atoms with Gasteiger partial charge in [-0.2, -0.15) is 0 Å². The number of aliphatic hydroxyl groups excluding tert-OH is 1. The first kappa shape index (κ1) is 16.5. The van der Waals surface area contributed by atoms with Crippen LogP contribution in [0.4, 0.5) is 5.69 Å².